The number of carbonyl (C=O) groups is 4. The van der Waals surface area contributed by atoms with Crippen LogP contribution in [0, 0.1) is 5.41 Å². The molecule has 0 spiro atoms. The third-order valence-electron chi connectivity index (χ3n) is 4.70. The Hall–Kier alpha value is -2.58. The van der Waals surface area contributed by atoms with Gasteiger partial charge in [0.05, 0.1) is 6.04 Å². The molecule has 14 heteroatoms. The Labute approximate surface area is 199 Å². The smallest absolute Gasteiger partial charge is 0.328 e. The summed E-state index contributed by atoms with van der Waals surface area (Å²) in [4.78, 5) is 49.3. The average Bonchev–Trinajstić information content (AvgIpc) is 2.73. The maximum atomic E-state index is 13.0. The summed E-state index contributed by atoms with van der Waals surface area (Å²) < 4.78 is 0. The molecule has 0 unspecified atom stereocenters. The average molecular weight is 491 g/mol. The van der Waals surface area contributed by atoms with E-state index in [0.717, 1.165) is 0 Å². The van der Waals surface area contributed by atoms with Crippen LogP contribution in [0.25, 0.3) is 0 Å². The van der Waals surface area contributed by atoms with E-state index < -0.39 is 47.4 Å². The minimum Gasteiger partial charge on any atom is -0.480 e. The van der Waals surface area contributed by atoms with Crippen LogP contribution >= 0.6 is 12.6 Å². The molecule has 0 aliphatic rings. The van der Waals surface area contributed by atoms with E-state index in [9.17, 15) is 24.3 Å². The Morgan fingerprint density at radius 2 is 1.55 bits per heavy atom. The second-order valence-electron chi connectivity index (χ2n) is 8.10. The third kappa shape index (κ3) is 12.3. The van der Waals surface area contributed by atoms with Crippen molar-refractivity contribution in [1.82, 2.24) is 21.3 Å². The van der Waals surface area contributed by atoms with Gasteiger partial charge in [-0.25, -0.2) is 4.79 Å². The summed E-state index contributed by atoms with van der Waals surface area (Å²) in [6.07, 6.45) is 1.93. The summed E-state index contributed by atoms with van der Waals surface area (Å²) in [6, 6.07) is -2.96. The van der Waals surface area contributed by atoms with Crippen LogP contribution in [0.4, 0.5) is 0 Å². The molecule has 0 bridgehead atoms. The fourth-order valence-electron chi connectivity index (χ4n) is 2.64. The number of carboxylic acid groups (broad SMARTS) is 1. The first kappa shape index (κ1) is 30.4. The van der Waals surface area contributed by atoms with E-state index in [1.54, 1.807) is 0 Å². The first-order valence-electron chi connectivity index (χ1n) is 10.7. The van der Waals surface area contributed by atoms with Crippen LogP contribution in [0.15, 0.2) is 0 Å². The summed E-state index contributed by atoms with van der Waals surface area (Å²) in [7, 11) is 0. The van der Waals surface area contributed by atoms with E-state index in [1.807, 2.05) is 0 Å². The molecule has 3 atom stereocenters. The van der Waals surface area contributed by atoms with E-state index in [4.69, 9.17) is 22.6 Å². The fourth-order valence-corrected chi connectivity index (χ4v) is 2.81. The van der Waals surface area contributed by atoms with Gasteiger partial charge in [0, 0.05) is 12.3 Å². The molecule has 13 nitrogen and oxygen atoms in total. The number of unbranched alkanes of at least 4 members (excludes halogenated alkanes) is 1. The number of aliphatic carboxylic acids is 1. The van der Waals surface area contributed by atoms with Crippen molar-refractivity contribution in [3.05, 3.63) is 0 Å². The lowest BCUT2D eigenvalue weighted by atomic mass is 10.0. The van der Waals surface area contributed by atoms with Crippen LogP contribution in [0.5, 0.6) is 0 Å². The zero-order chi connectivity index (χ0) is 25.6. The lowest BCUT2D eigenvalue weighted by Gasteiger charge is -2.27. The van der Waals surface area contributed by atoms with Crippen molar-refractivity contribution < 1.29 is 24.3 Å². The van der Waals surface area contributed by atoms with Crippen molar-refractivity contribution in [2.24, 2.45) is 17.2 Å². The molecule has 0 saturated carbocycles. The molecule has 3 amide bonds. The number of hydrogen-bond acceptors (Lipinski definition) is 8. The Balaban J connectivity index is 5.46. The van der Waals surface area contributed by atoms with Crippen molar-refractivity contribution in [2.45, 2.75) is 69.6 Å². The monoisotopic (exact) mass is 490 g/mol. The molecular formula is C19H38N8O5S. The van der Waals surface area contributed by atoms with Gasteiger partial charge < -0.3 is 43.6 Å². The molecule has 12 N–H and O–H groups in total. The summed E-state index contributed by atoms with van der Waals surface area (Å²) in [6.45, 7) is 3.32. The third-order valence-corrected chi connectivity index (χ3v) is 5.10. The minimum absolute atomic E-state index is 0.0847. The number of nitrogens with one attached hydrogen (secondary N) is 5. The SMILES string of the molecule is CC(C)(NC(=O)[C@H](CCCNC(=N)N)NC(=O)[C@H](CCCCN)NC(=O)[C@@H](N)CS)C(=O)O. The van der Waals surface area contributed by atoms with Crippen molar-refractivity contribution in [1.29, 1.82) is 5.41 Å². The second kappa shape index (κ2) is 15.3. The summed E-state index contributed by atoms with van der Waals surface area (Å²) >= 11 is 3.98. The molecule has 0 aromatic rings. The minimum atomic E-state index is -1.56. The Kier molecular flexibility index (Phi) is 14.1. The fraction of sp³-hybridized carbons (Fsp3) is 0.737. The zero-order valence-corrected chi connectivity index (χ0v) is 20.0. The number of hydrogen-bond donors (Lipinski definition) is 10. The van der Waals surface area contributed by atoms with E-state index in [0.29, 0.717) is 25.8 Å². The van der Waals surface area contributed by atoms with Crippen LogP contribution in [-0.4, -0.2) is 77.3 Å². The van der Waals surface area contributed by atoms with Crippen LogP contribution in [0.2, 0.25) is 0 Å². The maximum absolute atomic E-state index is 13.0. The molecule has 190 valence electrons. The van der Waals surface area contributed by atoms with Gasteiger partial charge in [-0.15, -0.1) is 0 Å². The van der Waals surface area contributed by atoms with E-state index in [2.05, 4.69) is 33.9 Å². The quantitative estimate of drug-likeness (QED) is 0.0478. The van der Waals surface area contributed by atoms with Gasteiger partial charge in [-0.1, -0.05) is 0 Å². The summed E-state index contributed by atoms with van der Waals surface area (Å²) in [5.74, 6) is -3.27. The number of carboxylic acids is 1. The van der Waals surface area contributed by atoms with Crippen LogP contribution in [-0.2, 0) is 19.2 Å². The van der Waals surface area contributed by atoms with Gasteiger partial charge in [0.2, 0.25) is 17.7 Å². The van der Waals surface area contributed by atoms with Gasteiger partial charge in [0.25, 0.3) is 0 Å². The molecule has 0 fully saturated rings. The highest BCUT2D eigenvalue weighted by Gasteiger charge is 2.33. The topological polar surface area (TPSA) is 239 Å². The van der Waals surface area contributed by atoms with Gasteiger partial charge in [-0.3, -0.25) is 19.8 Å². The Morgan fingerprint density at radius 3 is 2.06 bits per heavy atom. The van der Waals surface area contributed by atoms with Gasteiger partial charge in [0.1, 0.15) is 17.6 Å². The zero-order valence-electron chi connectivity index (χ0n) is 19.1. The Bertz CT molecular complexity index is 691. The first-order chi connectivity index (χ1) is 15.3. The largest absolute Gasteiger partial charge is 0.480 e. The van der Waals surface area contributed by atoms with E-state index in [1.165, 1.54) is 13.8 Å². The van der Waals surface area contributed by atoms with Crippen LogP contribution in [0.1, 0.15) is 46.0 Å². The lowest BCUT2D eigenvalue weighted by molar-refractivity contribution is -0.146. The number of carbonyl (C=O) groups excluding carboxylic acids is 3. The molecule has 0 aromatic heterocycles. The standard InChI is InChI=1S/C19H38N8O5S/c1-19(2,17(31)32)27-16(30)13(7-5-9-24-18(22)23)26-15(29)12(6-3-4-8-20)25-14(28)11(21)10-33/h11-13,33H,3-10,20-21H2,1-2H3,(H,25,28)(H,26,29)(H,27,30)(H,31,32)(H4,22,23,24)/t11-,12-,13-/m0/s1. The molecule has 33 heavy (non-hydrogen) atoms. The first-order valence-corrected chi connectivity index (χ1v) is 11.3. The highest BCUT2D eigenvalue weighted by molar-refractivity contribution is 7.80. The van der Waals surface area contributed by atoms with E-state index in [-0.39, 0.29) is 31.1 Å². The Morgan fingerprint density at radius 1 is 1.00 bits per heavy atom. The van der Waals surface area contributed by atoms with Crippen LogP contribution in [0.3, 0.4) is 0 Å². The van der Waals surface area contributed by atoms with Gasteiger partial charge >= 0.3 is 5.97 Å². The number of nitrogens with two attached hydrogens (primary N) is 3. The normalized spacial score (nSPS) is 13.8. The van der Waals surface area contributed by atoms with Crippen molar-refractivity contribution in [3.63, 3.8) is 0 Å². The van der Waals surface area contributed by atoms with Gasteiger partial charge in [-0.2, -0.15) is 12.6 Å². The molecule has 0 aliphatic carbocycles. The molecule has 0 saturated heterocycles. The lowest BCUT2D eigenvalue weighted by Crippen LogP contribution is -2.59. The number of thiol groups is 1. The second-order valence-corrected chi connectivity index (χ2v) is 8.46. The maximum Gasteiger partial charge on any atom is 0.328 e. The number of rotatable bonds is 16. The van der Waals surface area contributed by atoms with Crippen LogP contribution < -0.4 is 38.5 Å². The molecule has 0 rings (SSSR count). The van der Waals surface area contributed by atoms with Gasteiger partial charge in [-0.05, 0) is 52.5 Å². The van der Waals surface area contributed by atoms with Crippen molar-refractivity contribution in [3.8, 4) is 0 Å². The predicted molar refractivity (Wildman–Crippen MR) is 128 cm³/mol. The van der Waals surface area contributed by atoms with Crippen molar-refractivity contribution in [2.75, 3.05) is 18.8 Å². The summed E-state index contributed by atoms with van der Waals surface area (Å²) in [5.41, 5.74) is 14.9. The molecule has 0 aliphatic heterocycles. The molecular weight excluding hydrogens is 452 g/mol. The summed E-state index contributed by atoms with van der Waals surface area (Å²) in [5, 5.41) is 26.6. The molecule has 0 aromatic carbocycles. The van der Waals surface area contributed by atoms with Gasteiger partial charge in [0.15, 0.2) is 5.96 Å². The highest BCUT2D eigenvalue weighted by atomic mass is 32.1. The molecule has 0 radical (unpaired) electrons. The molecule has 0 heterocycles. The predicted octanol–water partition coefficient (Wildman–Crippen LogP) is -2.42. The number of amides is 3. The highest BCUT2D eigenvalue weighted by Crippen LogP contribution is 2.07. The number of guanidine groups is 1. The van der Waals surface area contributed by atoms with E-state index >= 15 is 0 Å². The van der Waals surface area contributed by atoms with Crippen molar-refractivity contribution >= 4 is 42.3 Å².